The Morgan fingerprint density at radius 1 is 0.314 bits per heavy atom. The van der Waals surface area contributed by atoms with Gasteiger partial charge in [0.2, 0.25) is 0 Å². The van der Waals surface area contributed by atoms with Gasteiger partial charge in [-0.05, 0) is 136 Å². The summed E-state index contributed by atoms with van der Waals surface area (Å²) in [6.45, 7) is 2.30. The highest BCUT2D eigenvalue weighted by atomic mass is 15.1. The molecule has 11 aromatic rings. The van der Waals surface area contributed by atoms with Gasteiger partial charge in [-0.3, -0.25) is 0 Å². The number of hydrogen-bond acceptors (Lipinski definition) is 2. The van der Waals surface area contributed by atoms with Gasteiger partial charge in [0.15, 0.2) is 0 Å². The van der Waals surface area contributed by atoms with E-state index in [1.54, 1.807) is 0 Å². The molecular formula is C67H51N3. The van der Waals surface area contributed by atoms with E-state index in [2.05, 4.69) is 300 Å². The summed E-state index contributed by atoms with van der Waals surface area (Å²) < 4.78 is 2.40. The molecule has 2 atom stereocenters. The van der Waals surface area contributed by atoms with Crippen molar-refractivity contribution >= 4 is 55.9 Å². The number of nitrogens with zero attached hydrogens (tertiary/aromatic N) is 3. The Kier molecular flexibility index (Phi) is 11.3. The molecule has 0 amide bonds. The third-order valence-electron chi connectivity index (χ3n) is 13.9. The summed E-state index contributed by atoms with van der Waals surface area (Å²) in [6, 6.07) is 92.5. The Labute approximate surface area is 410 Å². The molecule has 334 valence electrons. The number of para-hydroxylation sites is 2. The van der Waals surface area contributed by atoms with Crippen LogP contribution in [0.3, 0.4) is 0 Å². The molecule has 1 aliphatic rings. The van der Waals surface area contributed by atoms with Gasteiger partial charge >= 0.3 is 0 Å². The molecule has 0 fully saturated rings. The van der Waals surface area contributed by atoms with Crippen LogP contribution in [0.15, 0.2) is 279 Å². The predicted octanol–water partition coefficient (Wildman–Crippen LogP) is 18.6. The van der Waals surface area contributed by atoms with Crippen LogP contribution in [-0.4, -0.2) is 4.57 Å². The van der Waals surface area contributed by atoms with Crippen LogP contribution in [0.25, 0.3) is 60.9 Å². The highest BCUT2D eigenvalue weighted by molar-refractivity contribution is 6.10. The van der Waals surface area contributed by atoms with E-state index in [1.165, 1.54) is 49.6 Å². The van der Waals surface area contributed by atoms with Crippen molar-refractivity contribution in [3.8, 4) is 39.1 Å². The fraction of sp³-hybridized carbons (Fsp3) is 0.0448. The standard InChI is InChI=1S/C67H51N3/c1-48-15-11-12-22-63(48)55-33-43-61(44-34-55)69(62-45-46-65-64-23-13-14-24-66(64)70(67(65)47-62)56-20-9-4-10-21-56)60-41-31-54(32-42-60)53-29-39-59(40-30-53)68(57-35-25-51(26-36-57)49-16-5-2-6-17-49)58-37-27-52(28-38-58)50-18-7-3-8-19-50/h2-48,63H,1H3. The van der Waals surface area contributed by atoms with Crippen molar-refractivity contribution < 1.29 is 0 Å². The number of hydrogen-bond donors (Lipinski definition) is 0. The van der Waals surface area contributed by atoms with Crippen LogP contribution in [-0.2, 0) is 0 Å². The monoisotopic (exact) mass is 897 g/mol. The summed E-state index contributed by atoms with van der Waals surface area (Å²) in [6.07, 6.45) is 8.95. The lowest BCUT2D eigenvalue weighted by molar-refractivity contribution is 0.635. The summed E-state index contributed by atoms with van der Waals surface area (Å²) in [7, 11) is 0. The van der Waals surface area contributed by atoms with Gasteiger partial charge in [-0.2, -0.15) is 0 Å². The largest absolute Gasteiger partial charge is 0.311 e. The van der Waals surface area contributed by atoms with Gasteiger partial charge in [-0.1, -0.05) is 195 Å². The van der Waals surface area contributed by atoms with Crippen LogP contribution in [0, 0.1) is 5.92 Å². The number of fused-ring (bicyclic) bond motifs is 3. The SMILES string of the molecule is CC1C=CC=CC1c1ccc(N(c2ccc(-c3ccc(N(c4ccc(-c5ccccc5)cc4)c4ccc(-c5ccccc5)cc4)cc3)cc2)c2ccc3c4ccccc4n(-c4ccccc4)c3c2)cc1. The Hall–Kier alpha value is -8.92. The molecule has 0 aliphatic heterocycles. The number of rotatable bonds is 11. The first-order valence-corrected chi connectivity index (χ1v) is 24.3. The van der Waals surface area contributed by atoms with Crippen molar-refractivity contribution in [2.75, 3.05) is 9.80 Å². The van der Waals surface area contributed by atoms with Crippen LogP contribution in [0.4, 0.5) is 34.1 Å². The second-order valence-electron chi connectivity index (χ2n) is 18.2. The molecule has 1 aromatic heterocycles. The quantitative estimate of drug-likeness (QED) is 0.128. The van der Waals surface area contributed by atoms with Gasteiger partial charge < -0.3 is 14.4 Å². The molecule has 0 saturated carbocycles. The smallest absolute Gasteiger partial charge is 0.0561 e. The minimum atomic E-state index is 0.351. The summed E-state index contributed by atoms with van der Waals surface area (Å²) in [5, 5.41) is 2.48. The zero-order valence-corrected chi connectivity index (χ0v) is 39.1. The maximum Gasteiger partial charge on any atom is 0.0561 e. The maximum atomic E-state index is 2.40. The summed E-state index contributed by atoms with van der Waals surface area (Å²) in [5.41, 5.74) is 18.5. The van der Waals surface area contributed by atoms with Gasteiger partial charge in [-0.15, -0.1) is 0 Å². The number of allylic oxidation sites excluding steroid dienone is 4. The molecule has 0 saturated heterocycles. The summed E-state index contributed by atoms with van der Waals surface area (Å²) in [4.78, 5) is 4.74. The van der Waals surface area contributed by atoms with Crippen molar-refractivity contribution in [2.24, 2.45) is 5.92 Å². The molecule has 70 heavy (non-hydrogen) atoms. The fourth-order valence-electron chi connectivity index (χ4n) is 10.3. The van der Waals surface area contributed by atoms with Gasteiger partial charge in [0, 0.05) is 56.5 Å². The molecule has 0 N–H and O–H groups in total. The number of anilines is 6. The minimum absolute atomic E-state index is 0.351. The van der Waals surface area contributed by atoms with E-state index in [4.69, 9.17) is 0 Å². The lowest BCUT2D eigenvalue weighted by atomic mass is 9.84. The molecular weight excluding hydrogens is 847 g/mol. The summed E-state index contributed by atoms with van der Waals surface area (Å²) >= 11 is 0. The first-order valence-electron chi connectivity index (χ1n) is 24.3. The van der Waals surface area contributed by atoms with Crippen molar-refractivity contribution in [1.29, 1.82) is 0 Å². The number of aromatic nitrogens is 1. The molecule has 0 spiro atoms. The zero-order chi connectivity index (χ0) is 46.8. The van der Waals surface area contributed by atoms with Crippen LogP contribution in [0.2, 0.25) is 0 Å². The molecule has 2 unspecified atom stereocenters. The second kappa shape index (κ2) is 18.6. The van der Waals surface area contributed by atoms with E-state index in [1.807, 2.05) is 0 Å². The maximum absolute atomic E-state index is 2.40. The Balaban J connectivity index is 0.902. The third kappa shape index (κ3) is 8.18. The molecule has 0 bridgehead atoms. The lowest BCUT2D eigenvalue weighted by Crippen LogP contribution is -2.11. The third-order valence-corrected chi connectivity index (χ3v) is 13.9. The van der Waals surface area contributed by atoms with E-state index in [0.29, 0.717) is 11.8 Å². The fourth-order valence-corrected chi connectivity index (χ4v) is 10.3. The van der Waals surface area contributed by atoms with Crippen LogP contribution in [0.5, 0.6) is 0 Å². The van der Waals surface area contributed by atoms with E-state index in [9.17, 15) is 0 Å². The van der Waals surface area contributed by atoms with E-state index < -0.39 is 0 Å². The molecule has 1 heterocycles. The van der Waals surface area contributed by atoms with E-state index in [0.717, 1.165) is 50.9 Å². The van der Waals surface area contributed by atoms with Gasteiger partial charge in [0.05, 0.1) is 11.0 Å². The van der Waals surface area contributed by atoms with Gasteiger partial charge in [0.1, 0.15) is 0 Å². The highest BCUT2D eigenvalue weighted by Crippen LogP contribution is 2.42. The zero-order valence-electron chi connectivity index (χ0n) is 39.1. The first kappa shape index (κ1) is 42.4. The molecule has 1 aliphatic carbocycles. The average Bonchev–Trinajstić information content (AvgIpc) is 3.77. The Morgan fingerprint density at radius 2 is 0.686 bits per heavy atom. The van der Waals surface area contributed by atoms with Crippen molar-refractivity contribution in [3.05, 3.63) is 285 Å². The lowest BCUT2D eigenvalue weighted by Gasteiger charge is -2.27. The second-order valence-corrected chi connectivity index (χ2v) is 18.2. The van der Waals surface area contributed by atoms with Crippen molar-refractivity contribution in [2.45, 2.75) is 12.8 Å². The Morgan fingerprint density at radius 3 is 1.17 bits per heavy atom. The topological polar surface area (TPSA) is 11.4 Å². The number of benzene rings is 10. The predicted molar refractivity (Wildman–Crippen MR) is 297 cm³/mol. The highest BCUT2D eigenvalue weighted by Gasteiger charge is 2.21. The molecule has 3 nitrogen and oxygen atoms in total. The molecule has 0 radical (unpaired) electrons. The molecule has 10 aromatic carbocycles. The van der Waals surface area contributed by atoms with Crippen molar-refractivity contribution in [1.82, 2.24) is 4.57 Å². The van der Waals surface area contributed by atoms with E-state index in [-0.39, 0.29) is 0 Å². The minimum Gasteiger partial charge on any atom is -0.311 e. The van der Waals surface area contributed by atoms with Crippen molar-refractivity contribution in [3.63, 3.8) is 0 Å². The van der Waals surface area contributed by atoms with Gasteiger partial charge in [0.25, 0.3) is 0 Å². The molecule has 12 rings (SSSR count). The Bertz CT molecular complexity index is 3530. The molecule has 3 heteroatoms. The van der Waals surface area contributed by atoms with Crippen LogP contribution in [0.1, 0.15) is 18.4 Å². The normalized spacial score (nSPS) is 14.2. The first-order chi connectivity index (χ1) is 34.6. The van der Waals surface area contributed by atoms with Gasteiger partial charge in [-0.25, -0.2) is 0 Å². The van der Waals surface area contributed by atoms with Crippen LogP contribution < -0.4 is 9.80 Å². The average molecular weight is 898 g/mol. The van der Waals surface area contributed by atoms with Crippen LogP contribution >= 0.6 is 0 Å². The summed E-state index contributed by atoms with van der Waals surface area (Å²) in [5.74, 6) is 0.792. The van der Waals surface area contributed by atoms with E-state index >= 15 is 0 Å².